The standard InChI is InChI=1S/C10H15N2O5P/c1-10(2,3)18(11(14)15,12(16)17)9-6-4-8(13)5-7-9/h4-7,13,18H,1-3H3. The Labute approximate surface area is 104 Å². The van der Waals surface area contributed by atoms with Gasteiger partial charge in [-0.05, 0) is 0 Å². The number of nitrogens with zero attached hydrogens (tertiary/aromatic N) is 2. The summed E-state index contributed by atoms with van der Waals surface area (Å²) in [5.41, 5.74) is 0. The van der Waals surface area contributed by atoms with Crippen LogP contribution in [0.4, 0.5) is 0 Å². The van der Waals surface area contributed by atoms with Crippen molar-refractivity contribution in [2.75, 3.05) is 0 Å². The van der Waals surface area contributed by atoms with E-state index in [1.54, 1.807) is 0 Å². The molecule has 0 saturated carbocycles. The molecule has 1 N–H and O–H groups in total. The maximum absolute atomic E-state index is 11.4. The first-order valence-electron chi connectivity index (χ1n) is 5.22. The Morgan fingerprint density at radius 3 is 1.72 bits per heavy atom. The van der Waals surface area contributed by atoms with Gasteiger partial charge >= 0.3 is 104 Å². The van der Waals surface area contributed by atoms with E-state index in [0.717, 1.165) is 0 Å². The van der Waals surface area contributed by atoms with Gasteiger partial charge < -0.3 is 0 Å². The Morgan fingerprint density at radius 2 is 1.44 bits per heavy atom. The molecule has 0 radical (unpaired) electrons. The van der Waals surface area contributed by atoms with Crippen molar-refractivity contribution in [2.24, 2.45) is 0 Å². The Balaban J connectivity index is 3.60. The Kier molecular flexibility index (Phi) is 3.57. The van der Waals surface area contributed by atoms with Crippen molar-refractivity contribution in [3.05, 3.63) is 44.5 Å². The quantitative estimate of drug-likeness (QED) is 0.515. The summed E-state index contributed by atoms with van der Waals surface area (Å²) in [4.78, 5) is 22.7. The zero-order valence-electron chi connectivity index (χ0n) is 10.3. The maximum atomic E-state index is 11.4. The van der Waals surface area contributed by atoms with Crippen molar-refractivity contribution in [1.82, 2.24) is 0 Å². The molecule has 0 spiro atoms. The summed E-state index contributed by atoms with van der Waals surface area (Å²) >= 11 is 0. The number of aromatic hydroxyl groups is 1. The molecule has 0 aliphatic carbocycles. The zero-order valence-corrected chi connectivity index (χ0v) is 11.3. The number of phenols is 1. The molecule has 100 valence electrons. The average molecular weight is 274 g/mol. The molecule has 0 amide bonds. The van der Waals surface area contributed by atoms with Crippen LogP contribution in [-0.2, 0) is 0 Å². The van der Waals surface area contributed by atoms with E-state index in [0.29, 0.717) is 0 Å². The second-order valence-corrected chi connectivity index (χ2v) is 9.14. The fourth-order valence-corrected chi connectivity index (χ4v) is 5.10. The van der Waals surface area contributed by atoms with Crippen LogP contribution >= 0.6 is 7.56 Å². The van der Waals surface area contributed by atoms with Crippen LogP contribution < -0.4 is 5.30 Å². The van der Waals surface area contributed by atoms with Gasteiger partial charge in [-0.15, -0.1) is 0 Å². The van der Waals surface area contributed by atoms with Crippen molar-refractivity contribution < 1.29 is 14.5 Å². The van der Waals surface area contributed by atoms with Gasteiger partial charge in [-0.25, -0.2) is 0 Å². The van der Waals surface area contributed by atoms with Crippen molar-refractivity contribution in [3.63, 3.8) is 0 Å². The van der Waals surface area contributed by atoms with Gasteiger partial charge in [0.1, 0.15) is 0 Å². The topological polar surface area (TPSA) is 107 Å². The van der Waals surface area contributed by atoms with Crippen molar-refractivity contribution >= 4 is 12.9 Å². The molecule has 1 rings (SSSR count). The molecule has 0 bridgehead atoms. The summed E-state index contributed by atoms with van der Waals surface area (Å²) in [7, 11) is -4.22. The fourth-order valence-electron chi connectivity index (χ4n) is 1.95. The molecule has 0 atom stereocenters. The summed E-state index contributed by atoms with van der Waals surface area (Å²) in [6.07, 6.45) is 0. The average Bonchev–Trinajstić information content (AvgIpc) is 2.18. The van der Waals surface area contributed by atoms with E-state index in [4.69, 9.17) is 0 Å². The van der Waals surface area contributed by atoms with Crippen molar-refractivity contribution in [3.8, 4) is 5.75 Å². The second kappa shape index (κ2) is 4.49. The fraction of sp³-hybridized carbons (Fsp3) is 0.400. The molecule has 1 aromatic rings. The molecule has 0 fully saturated rings. The third kappa shape index (κ3) is 2.01. The van der Waals surface area contributed by atoms with Gasteiger partial charge in [0, 0.05) is 0 Å². The minimum atomic E-state index is -4.22. The molecule has 0 aliphatic heterocycles. The van der Waals surface area contributed by atoms with Gasteiger partial charge in [-0.2, -0.15) is 0 Å². The van der Waals surface area contributed by atoms with Gasteiger partial charge in [0.2, 0.25) is 0 Å². The van der Waals surface area contributed by atoms with Crippen LogP contribution in [0, 0.1) is 20.2 Å². The van der Waals surface area contributed by atoms with Gasteiger partial charge in [0.05, 0.1) is 0 Å². The molecule has 0 saturated heterocycles. The number of benzene rings is 1. The van der Waals surface area contributed by atoms with E-state index in [1.165, 1.54) is 45.0 Å². The van der Waals surface area contributed by atoms with Crippen molar-refractivity contribution in [1.29, 1.82) is 0 Å². The molecule has 0 unspecified atom stereocenters. The third-order valence-corrected chi connectivity index (χ3v) is 7.13. The molecule has 0 aliphatic rings. The summed E-state index contributed by atoms with van der Waals surface area (Å²) in [6.45, 7) is 4.49. The van der Waals surface area contributed by atoms with Crippen LogP contribution in [0.3, 0.4) is 0 Å². The van der Waals surface area contributed by atoms with E-state index in [9.17, 15) is 25.3 Å². The van der Waals surface area contributed by atoms with Crippen LogP contribution in [0.15, 0.2) is 24.3 Å². The van der Waals surface area contributed by atoms with E-state index in [2.05, 4.69) is 0 Å². The number of nitro groups is 2. The van der Waals surface area contributed by atoms with Crippen LogP contribution in [0.1, 0.15) is 20.8 Å². The summed E-state index contributed by atoms with van der Waals surface area (Å²) in [5.74, 6) is -0.0812. The second-order valence-electron chi connectivity index (χ2n) is 4.98. The normalized spacial score (nSPS) is 13.1. The third-order valence-electron chi connectivity index (χ3n) is 2.84. The summed E-state index contributed by atoms with van der Waals surface area (Å²) < 4.78 is -1.50. The Morgan fingerprint density at radius 1 is 1.06 bits per heavy atom. The van der Waals surface area contributed by atoms with Gasteiger partial charge in [0.25, 0.3) is 0 Å². The van der Waals surface area contributed by atoms with Crippen LogP contribution in [-0.4, -0.2) is 19.7 Å². The summed E-state index contributed by atoms with van der Waals surface area (Å²) in [6, 6.07) is 4.99. The van der Waals surface area contributed by atoms with E-state index >= 15 is 0 Å². The minimum absolute atomic E-state index is 0.0720. The number of hydrogen-bond donors (Lipinski definition) is 1. The van der Waals surface area contributed by atoms with Gasteiger partial charge in [-0.3, -0.25) is 0 Å². The molecule has 18 heavy (non-hydrogen) atoms. The molecule has 0 aromatic heterocycles. The van der Waals surface area contributed by atoms with Crippen LogP contribution in [0.25, 0.3) is 0 Å². The zero-order chi connectivity index (χ0) is 14.1. The predicted octanol–water partition coefficient (Wildman–Crippen LogP) is 1.95. The van der Waals surface area contributed by atoms with Crippen LogP contribution in [0.5, 0.6) is 5.75 Å². The van der Waals surface area contributed by atoms with Gasteiger partial charge in [0.15, 0.2) is 0 Å². The first kappa shape index (κ1) is 14.3. The first-order valence-corrected chi connectivity index (χ1v) is 7.12. The predicted molar refractivity (Wildman–Crippen MR) is 69.8 cm³/mol. The van der Waals surface area contributed by atoms with Crippen molar-refractivity contribution in [2.45, 2.75) is 25.9 Å². The molecule has 0 heterocycles. The molecular weight excluding hydrogens is 259 g/mol. The van der Waals surface area contributed by atoms with E-state index in [1.807, 2.05) is 0 Å². The SMILES string of the molecule is CC(C)(C)[PH](c1ccc(O)cc1)([N+](=O)[O-])[N+](=O)[O-]. The number of rotatable bonds is 3. The van der Waals surface area contributed by atoms with E-state index < -0.39 is 22.1 Å². The first-order chi connectivity index (χ1) is 8.14. The molecule has 8 heteroatoms. The molecule has 1 aromatic carbocycles. The van der Waals surface area contributed by atoms with Crippen LogP contribution in [0.2, 0.25) is 0 Å². The summed E-state index contributed by atoms with van der Waals surface area (Å²) in [5, 5.41) is 30.9. The Hall–Kier alpha value is -1.75. The monoisotopic (exact) mass is 274 g/mol. The van der Waals surface area contributed by atoms with E-state index in [-0.39, 0.29) is 11.1 Å². The number of hydrogen-bond acceptors (Lipinski definition) is 5. The molecule has 7 nitrogen and oxygen atoms in total. The molecular formula is C10H15N2O5P. The Bertz CT molecular complexity index is 466. The number of phenolic OH excluding ortho intramolecular Hbond substituents is 1. The van der Waals surface area contributed by atoms with Gasteiger partial charge in [-0.1, -0.05) is 0 Å².